The van der Waals surface area contributed by atoms with Crippen LogP contribution >= 0.6 is 0 Å². The maximum absolute atomic E-state index is 13.6. The van der Waals surface area contributed by atoms with Crippen molar-refractivity contribution in [2.24, 2.45) is 0 Å². The first kappa shape index (κ1) is 18.4. The number of anilines is 2. The minimum Gasteiger partial charge on any atom is -0.497 e. The first-order valence-corrected chi connectivity index (χ1v) is 8.54. The molecule has 5 nitrogen and oxygen atoms in total. The molecule has 0 spiro atoms. The van der Waals surface area contributed by atoms with E-state index < -0.39 is 0 Å². The fourth-order valence-electron chi connectivity index (χ4n) is 2.58. The van der Waals surface area contributed by atoms with Crippen LogP contribution in [-0.4, -0.2) is 24.5 Å². The van der Waals surface area contributed by atoms with E-state index in [9.17, 15) is 9.18 Å². The van der Waals surface area contributed by atoms with Gasteiger partial charge in [-0.05, 0) is 54.4 Å². The van der Waals surface area contributed by atoms with E-state index in [-0.39, 0.29) is 11.7 Å². The van der Waals surface area contributed by atoms with Crippen LogP contribution in [0.2, 0.25) is 0 Å². The number of rotatable bonds is 7. The minimum absolute atomic E-state index is 0.214. The van der Waals surface area contributed by atoms with Crippen LogP contribution < -0.4 is 15.4 Å². The number of carbonyl (C=O) groups excluding carboxylic acids is 1. The van der Waals surface area contributed by atoms with E-state index in [4.69, 9.17) is 4.74 Å². The molecule has 0 saturated heterocycles. The summed E-state index contributed by atoms with van der Waals surface area (Å²) in [7, 11) is 1.59. The highest BCUT2D eigenvalue weighted by molar-refractivity contribution is 6.03. The van der Waals surface area contributed by atoms with Gasteiger partial charge in [0.15, 0.2) is 0 Å². The lowest BCUT2D eigenvalue weighted by Crippen LogP contribution is -2.14. The number of benzene rings is 2. The highest BCUT2D eigenvalue weighted by Crippen LogP contribution is 2.16. The van der Waals surface area contributed by atoms with Crippen molar-refractivity contribution >= 4 is 17.3 Å². The van der Waals surface area contributed by atoms with Gasteiger partial charge in [0, 0.05) is 24.1 Å². The second-order valence-electron chi connectivity index (χ2n) is 5.88. The van der Waals surface area contributed by atoms with Crippen LogP contribution in [0.1, 0.15) is 16.1 Å². The van der Waals surface area contributed by atoms with Gasteiger partial charge in [-0.25, -0.2) is 4.39 Å². The van der Waals surface area contributed by atoms with E-state index in [0.29, 0.717) is 35.7 Å². The number of amides is 1. The molecule has 1 aromatic heterocycles. The standard InChI is InChI=1S/C21H20FN3O2/c1-27-18-8-6-16(7-9-18)25-21(26)20-14-17(11-13-24-20)23-12-10-15-4-2-3-5-19(15)22/h2-9,11,13-14H,10,12H2,1H3,(H,23,24)(H,25,26). The molecule has 0 saturated carbocycles. The van der Waals surface area contributed by atoms with Gasteiger partial charge in [0.2, 0.25) is 0 Å². The minimum atomic E-state index is -0.307. The summed E-state index contributed by atoms with van der Waals surface area (Å²) in [5.74, 6) is 0.193. The zero-order chi connectivity index (χ0) is 19.1. The molecule has 0 aliphatic carbocycles. The Morgan fingerprint density at radius 2 is 1.85 bits per heavy atom. The molecule has 0 aliphatic heterocycles. The number of halogens is 1. The van der Waals surface area contributed by atoms with E-state index in [1.54, 1.807) is 61.8 Å². The number of nitrogens with one attached hydrogen (secondary N) is 2. The predicted molar refractivity (Wildman–Crippen MR) is 104 cm³/mol. The lowest BCUT2D eigenvalue weighted by atomic mass is 10.1. The van der Waals surface area contributed by atoms with Crippen LogP contribution in [0.4, 0.5) is 15.8 Å². The van der Waals surface area contributed by atoms with Crippen LogP contribution in [0, 0.1) is 5.82 Å². The van der Waals surface area contributed by atoms with Crippen molar-refractivity contribution in [1.82, 2.24) is 4.98 Å². The summed E-state index contributed by atoms with van der Waals surface area (Å²) in [6.45, 7) is 0.546. The monoisotopic (exact) mass is 365 g/mol. The van der Waals surface area contributed by atoms with Crippen molar-refractivity contribution in [3.63, 3.8) is 0 Å². The summed E-state index contributed by atoms with van der Waals surface area (Å²) < 4.78 is 18.7. The Balaban J connectivity index is 1.59. The second-order valence-corrected chi connectivity index (χ2v) is 5.88. The molecule has 0 atom stereocenters. The number of ether oxygens (including phenoxy) is 1. The number of methoxy groups -OCH3 is 1. The van der Waals surface area contributed by atoms with Gasteiger partial charge in [0.05, 0.1) is 7.11 Å². The van der Waals surface area contributed by atoms with Crippen LogP contribution in [0.3, 0.4) is 0 Å². The smallest absolute Gasteiger partial charge is 0.274 e. The summed E-state index contributed by atoms with van der Waals surface area (Å²) in [5.41, 5.74) is 2.35. The van der Waals surface area contributed by atoms with Crippen molar-refractivity contribution in [3.8, 4) is 5.75 Å². The molecule has 0 aliphatic rings. The van der Waals surface area contributed by atoms with Gasteiger partial charge in [-0.3, -0.25) is 9.78 Å². The Morgan fingerprint density at radius 1 is 1.07 bits per heavy atom. The second kappa shape index (κ2) is 8.80. The van der Waals surface area contributed by atoms with Crippen molar-refractivity contribution in [3.05, 3.63) is 83.9 Å². The lowest BCUT2D eigenvalue weighted by Gasteiger charge is -2.09. The molecule has 3 rings (SSSR count). The molecular formula is C21H20FN3O2. The normalized spacial score (nSPS) is 10.3. The van der Waals surface area contributed by atoms with Gasteiger partial charge < -0.3 is 15.4 Å². The highest BCUT2D eigenvalue weighted by Gasteiger charge is 2.09. The number of hydrogen-bond donors (Lipinski definition) is 2. The predicted octanol–water partition coefficient (Wildman–Crippen LogP) is 4.14. The van der Waals surface area contributed by atoms with Crippen molar-refractivity contribution in [2.45, 2.75) is 6.42 Å². The average Bonchev–Trinajstić information content (AvgIpc) is 2.70. The van der Waals surface area contributed by atoms with E-state index in [2.05, 4.69) is 15.6 Å². The third-order valence-corrected chi connectivity index (χ3v) is 4.02. The summed E-state index contributed by atoms with van der Waals surface area (Å²) in [4.78, 5) is 16.5. The van der Waals surface area contributed by atoms with Crippen molar-refractivity contribution in [1.29, 1.82) is 0 Å². The Hall–Kier alpha value is -3.41. The largest absolute Gasteiger partial charge is 0.497 e. The quantitative estimate of drug-likeness (QED) is 0.661. The summed E-state index contributed by atoms with van der Waals surface area (Å²) in [5, 5.41) is 5.98. The van der Waals surface area contributed by atoms with E-state index in [0.717, 1.165) is 5.69 Å². The summed E-state index contributed by atoms with van der Waals surface area (Å²) in [6.07, 6.45) is 2.11. The van der Waals surface area contributed by atoms with Crippen LogP contribution in [0.5, 0.6) is 5.75 Å². The Labute approximate surface area is 157 Å². The molecule has 1 heterocycles. The number of nitrogens with zero attached hydrogens (tertiary/aromatic N) is 1. The summed E-state index contributed by atoms with van der Waals surface area (Å²) in [6, 6.07) is 17.2. The number of pyridine rings is 1. The number of hydrogen-bond acceptors (Lipinski definition) is 4. The maximum atomic E-state index is 13.6. The first-order chi connectivity index (χ1) is 13.2. The van der Waals surface area contributed by atoms with Gasteiger partial charge in [-0.1, -0.05) is 18.2 Å². The zero-order valence-corrected chi connectivity index (χ0v) is 14.9. The number of aromatic nitrogens is 1. The van der Waals surface area contributed by atoms with Gasteiger partial charge in [0.1, 0.15) is 17.3 Å². The molecule has 6 heteroatoms. The Morgan fingerprint density at radius 3 is 2.59 bits per heavy atom. The molecule has 0 bridgehead atoms. The van der Waals surface area contributed by atoms with E-state index in [1.165, 1.54) is 6.07 Å². The average molecular weight is 365 g/mol. The van der Waals surface area contributed by atoms with Gasteiger partial charge in [-0.2, -0.15) is 0 Å². The molecule has 0 unspecified atom stereocenters. The molecule has 2 N–H and O–H groups in total. The molecule has 1 amide bonds. The molecule has 27 heavy (non-hydrogen) atoms. The molecule has 138 valence electrons. The molecule has 2 aromatic carbocycles. The molecule has 0 radical (unpaired) electrons. The fourth-order valence-corrected chi connectivity index (χ4v) is 2.58. The Kier molecular flexibility index (Phi) is 5.99. The van der Waals surface area contributed by atoms with Crippen molar-refractivity contribution in [2.75, 3.05) is 24.3 Å². The first-order valence-electron chi connectivity index (χ1n) is 8.54. The van der Waals surface area contributed by atoms with Crippen molar-refractivity contribution < 1.29 is 13.9 Å². The number of carbonyl (C=O) groups is 1. The molecular weight excluding hydrogens is 345 g/mol. The fraction of sp³-hybridized carbons (Fsp3) is 0.143. The SMILES string of the molecule is COc1ccc(NC(=O)c2cc(NCCc3ccccc3F)ccn2)cc1. The third-order valence-electron chi connectivity index (χ3n) is 4.02. The van der Waals surface area contributed by atoms with Gasteiger partial charge >= 0.3 is 0 Å². The van der Waals surface area contributed by atoms with Gasteiger partial charge in [-0.15, -0.1) is 0 Å². The third kappa shape index (κ3) is 5.04. The Bertz CT molecular complexity index is 913. The van der Waals surface area contributed by atoms with E-state index >= 15 is 0 Å². The van der Waals surface area contributed by atoms with Crippen LogP contribution in [0.25, 0.3) is 0 Å². The van der Waals surface area contributed by atoms with E-state index in [1.807, 2.05) is 6.07 Å². The molecule has 3 aromatic rings. The maximum Gasteiger partial charge on any atom is 0.274 e. The lowest BCUT2D eigenvalue weighted by molar-refractivity contribution is 0.102. The zero-order valence-electron chi connectivity index (χ0n) is 14.9. The van der Waals surface area contributed by atoms with Gasteiger partial charge in [0.25, 0.3) is 5.91 Å². The van der Waals surface area contributed by atoms with Crippen LogP contribution in [0.15, 0.2) is 66.9 Å². The highest BCUT2D eigenvalue weighted by atomic mass is 19.1. The van der Waals surface area contributed by atoms with Crippen LogP contribution in [-0.2, 0) is 6.42 Å². The molecule has 0 fully saturated rings. The summed E-state index contributed by atoms with van der Waals surface area (Å²) >= 11 is 0. The topological polar surface area (TPSA) is 63.2 Å².